The van der Waals surface area contributed by atoms with E-state index in [4.69, 9.17) is 4.74 Å². The molecule has 0 unspecified atom stereocenters. The van der Waals surface area contributed by atoms with E-state index in [1.807, 2.05) is 25.9 Å². The normalized spacial score (nSPS) is 10.7. The van der Waals surface area contributed by atoms with Crippen LogP contribution < -0.4 is 4.74 Å². The zero-order valence-electron chi connectivity index (χ0n) is 9.59. The van der Waals surface area contributed by atoms with Crippen LogP contribution in [0.3, 0.4) is 0 Å². The van der Waals surface area contributed by atoms with Crippen LogP contribution in [-0.4, -0.2) is 32.1 Å². The zero-order chi connectivity index (χ0) is 11.3. The highest BCUT2D eigenvalue weighted by Gasteiger charge is 2.04. The second-order valence-corrected chi connectivity index (χ2v) is 3.77. The van der Waals surface area contributed by atoms with Gasteiger partial charge in [0.2, 0.25) is 0 Å². The van der Waals surface area contributed by atoms with Crippen LogP contribution in [0.5, 0.6) is 5.75 Å². The van der Waals surface area contributed by atoms with Crippen molar-refractivity contribution in [2.24, 2.45) is 0 Å². The molecule has 0 aliphatic heterocycles. The highest BCUT2D eigenvalue weighted by atomic mass is 19.1. The lowest BCUT2D eigenvalue weighted by molar-refractivity contribution is 0.252. The van der Waals surface area contributed by atoms with Crippen LogP contribution in [-0.2, 0) is 6.42 Å². The molecule has 0 radical (unpaired) electrons. The fourth-order valence-corrected chi connectivity index (χ4v) is 1.22. The molecule has 3 heteroatoms. The molecule has 1 rings (SSSR count). The van der Waals surface area contributed by atoms with Gasteiger partial charge in [0.1, 0.15) is 6.61 Å². The fourth-order valence-electron chi connectivity index (χ4n) is 1.22. The van der Waals surface area contributed by atoms with Crippen molar-refractivity contribution < 1.29 is 9.13 Å². The molecule has 0 bridgehead atoms. The van der Waals surface area contributed by atoms with E-state index in [2.05, 4.69) is 0 Å². The van der Waals surface area contributed by atoms with Crippen LogP contribution in [0.4, 0.5) is 4.39 Å². The summed E-state index contributed by atoms with van der Waals surface area (Å²) in [7, 11) is 3.92. The van der Waals surface area contributed by atoms with Crippen LogP contribution in [0.1, 0.15) is 12.5 Å². The Morgan fingerprint density at radius 1 is 1.33 bits per heavy atom. The van der Waals surface area contributed by atoms with E-state index in [-0.39, 0.29) is 5.82 Å². The van der Waals surface area contributed by atoms with Gasteiger partial charge in [0, 0.05) is 6.54 Å². The maximum atomic E-state index is 13.3. The van der Waals surface area contributed by atoms with Crippen molar-refractivity contribution in [2.45, 2.75) is 13.3 Å². The summed E-state index contributed by atoms with van der Waals surface area (Å²) in [5.41, 5.74) is 1.09. The Bertz CT molecular complexity index is 312. The molecule has 0 aliphatic rings. The summed E-state index contributed by atoms with van der Waals surface area (Å²) < 4.78 is 18.7. The third kappa shape index (κ3) is 3.88. The lowest BCUT2D eigenvalue weighted by Gasteiger charge is -2.12. The minimum absolute atomic E-state index is 0.286. The van der Waals surface area contributed by atoms with Crippen LogP contribution in [0.15, 0.2) is 18.2 Å². The standard InChI is InChI=1S/C12H18FNO/c1-4-10-5-6-11(13)12(9-10)15-8-7-14(2)3/h5-6,9H,4,7-8H2,1-3H3. The maximum Gasteiger partial charge on any atom is 0.165 e. The Labute approximate surface area is 90.7 Å². The first-order valence-corrected chi connectivity index (χ1v) is 5.19. The molecule has 0 aromatic heterocycles. The Balaban J connectivity index is 2.59. The number of benzene rings is 1. The molecule has 0 spiro atoms. The Hall–Kier alpha value is -1.09. The van der Waals surface area contributed by atoms with E-state index in [0.717, 1.165) is 18.5 Å². The van der Waals surface area contributed by atoms with Gasteiger partial charge in [0.25, 0.3) is 0 Å². The van der Waals surface area contributed by atoms with Crippen LogP contribution in [0.25, 0.3) is 0 Å². The van der Waals surface area contributed by atoms with E-state index < -0.39 is 0 Å². The summed E-state index contributed by atoms with van der Waals surface area (Å²) in [6.07, 6.45) is 0.893. The van der Waals surface area contributed by atoms with E-state index in [0.29, 0.717) is 12.4 Å². The van der Waals surface area contributed by atoms with E-state index in [1.54, 1.807) is 12.1 Å². The first-order chi connectivity index (χ1) is 7.13. The number of hydrogen-bond donors (Lipinski definition) is 0. The predicted octanol–water partition coefficient (Wildman–Crippen LogP) is 2.33. The molecule has 0 saturated heterocycles. The molecule has 84 valence electrons. The number of rotatable bonds is 5. The van der Waals surface area contributed by atoms with Crippen molar-refractivity contribution in [3.8, 4) is 5.75 Å². The van der Waals surface area contributed by atoms with Gasteiger partial charge >= 0.3 is 0 Å². The fraction of sp³-hybridized carbons (Fsp3) is 0.500. The molecule has 0 aliphatic carbocycles. The van der Waals surface area contributed by atoms with Gasteiger partial charge in [0.15, 0.2) is 11.6 Å². The van der Waals surface area contributed by atoms with Gasteiger partial charge in [-0.2, -0.15) is 0 Å². The SMILES string of the molecule is CCc1ccc(F)c(OCCN(C)C)c1. The number of nitrogens with zero attached hydrogens (tertiary/aromatic N) is 1. The Morgan fingerprint density at radius 2 is 2.07 bits per heavy atom. The summed E-state index contributed by atoms with van der Waals surface area (Å²) in [5.74, 6) is 0.0714. The molecule has 0 heterocycles. The number of halogens is 1. The lowest BCUT2D eigenvalue weighted by Crippen LogP contribution is -2.19. The molecule has 0 N–H and O–H groups in total. The average molecular weight is 211 g/mol. The first-order valence-electron chi connectivity index (χ1n) is 5.19. The van der Waals surface area contributed by atoms with Crippen LogP contribution in [0.2, 0.25) is 0 Å². The molecular weight excluding hydrogens is 193 g/mol. The van der Waals surface area contributed by atoms with Crippen molar-refractivity contribution in [2.75, 3.05) is 27.2 Å². The smallest absolute Gasteiger partial charge is 0.165 e. The minimum Gasteiger partial charge on any atom is -0.489 e. The third-order valence-corrected chi connectivity index (χ3v) is 2.20. The van der Waals surface area contributed by atoms with Gasteiger partial charge in [-0.1, -0.05) is 13.0 Å². The van der Waals surface area contributed by atoms with Gasteiger partial charge in [-0.05, 0) is 38.2 Å². The summed E-state index contributed by atoms with van der Waals surface area (Å²) in [5, 5.41) is 0. The molecular formula is C12H18FNO. The third-order valence-electron chi connectivity index (χ3n) is 2.20. The molecule has 15 heavy (non-hydrogen) atoms. The number of aryl methyl sites for hydroxylation is 1. The molecule has 2 nitrogen and oxygen atoms in total. The topological polar surface area (TPSA) is 12.5 Å². The maximum absolute atomic E-state index is 13.3. The van der Waals surface area contributed by atoms with Gasteiger partial charge < -0.3 is 9.64 Å². The van der Waals surface area contributed by atoms with Crippen molar-refractivity contribution in [1.29, 1.82) is 0 Å². The first kappa shape index (κ1) is 12.0. The molecule has 0 fully saturated rings. The summed E-state index contributed by atoms with van der Waals surface area (Å²) >= 11 is 0. The Morgan fingerprint density at radius 3 is 2.67 bits per heavy atom. The zero-order valence-corrected chi connectivity index (χ0v) is 9.59. The van der Waals surface area contributed by atoms with Gasteiger partial charge in [-0.15, -0.1) is 0 Å². The van der Waals surface area contributed by atoms with E-state index >= 15 is 0 Å². The average Bonchev–Trinajstić information content (AvgIpc) is 2.20. The van der Waals surface area contributed by atoms with E-state index in [1.165, 1.54) is 6.07 Å². The summed E-state index contributed by atoms with van der Waals surface area (Å²) in [6.45, 7) is 3.34. The summed E-state index contributed by atoms with van der Waals surface area (Å²) in [6, 6.07) is 5.02. The largest absolute Gasteiger partial charge is 0.489 e. The molecule has 0 saturated carbocycles. The highest BCUT2D eigenvalue weighted by molar-refractivity contribution is 5.30. The predicted molar refractivity (Wildman–Crippen MR) is 59.8 cm³/mol. The molecule has 0 amide bonds. The van der Waals surface area contributed by atoms with Gasteiger partial charge in [0.05, 0.1) is 0 Å². The van der Waals surface area contributed by atoms with Crippen molar-refractivity contribution in [3.05, 3.63) is 29.6 Å². The van der Waals surface area contributed by atoms with Crippen molar-refractivity contribution >= 4 is 0 Å². The molecule has 1 aromatic rings. The molecule has 1 aromatic carbocycles. The van der Waals surface area contributed by atoms with Crippen LogP contribution >= 0.6 is 0 Å². The van der Waals surface area contributed by atoms with Gasteiger partial charge in [-0.3, -0.25) is 0 Å². The highest BCUT2D eigenvalue weighted by Crippen LogP contribution is 2.18. The monoisotopic (exact) mass is 211 g/mol. The second-order valence-electron chi connectivity index (χ2n) is 3.77. The van der Waals surface area contributed by atoms with Gasteiger partial charge in [-0.25, -0.2) is 4.39 Å². The van der Waals surface area contributed by atoms with Crippen molar-refractivity contribution in [1.82, 2.24) is 4.90 Å². The summed E-state index contributed by atoms with van der Waals surface area (Å²) in [4.78, 5) is 2.00. The van der Waals surface area contributed by atoms with Crippen molar-refractivity contribution in [3.63, 3.8) is 0 Å². The number of hydrogen-bond acceptors (Lipinski definition) is 2. The van der Waals surface area contributed by atoms with E-state index in [9.17, 15) is 4.39 Å². The minimum atomic E-state index is -0.286. The quantitative estimate of drug-likeness (QED) is 0.741. The second kappa shape index (κ2) is 5.71. The number of ether oxygens (including phenoxy) is 1. The van der Waals surface area contributed by atoms with Crippen LogP contribution in [0, 0.1) is 5.82 Å². The molecule has 0 atom stereocenters. The number of likely N-dealkylation sites (N-methyl/N-ethyl adjacent to an activating group) is 1. The Kier molecular flexibility index (Phi) is 4.56. The lowest BCUT2D eigenvalue weighted by atomic mass is 10.1.